The summed E-state index contributed by atoms with van der Waals surface area (Å²) in [6.07, 6.45) is 0.670. The number of hydrogen-bond acceptors (Lipinski definition) is 0. The van der Waals surface area contributed by atoms with Crippen LogP contribution in [0.3, 0.4) is 0 Å². The summed E-state index contributed by atoms with van der Waals surface area (Å²) in [4.78, 5) is 0. The van der Waals surface area contributed by atoms with Gasteiger partial charge < -0.3 is 0 Å². The molecule has 2 aromatic rings. The maximum Gasteiger partial charge on any atom is 0.123 e. The van der Waals surface area contributed by atoms with Gasteiger partial charge in [0.2, 0.25) is 0 Å². The molecule has 0 saturated heterocycles. The van der Waals surface area contributed by atoms with Crippen molar-refractivity contribution in [3.05, 3.63) is 70.0 Å². The molecule has 0 atom stereocenters. The summed E-state index contributed by atoms with van der Waals surface area (Å²) in [6, 6.07) is 13.0. The number of aryl methyl sites for hydroxylation is 1. The van der Waals surface area contributed by atoms with Gasteiger partial charge in [-0.3, -0.25) is 0 Å². The van der Waals surface area contributed by atoms with E-state index in [9.17, 15) is 4.39 Å². The highest BCUT2D eigenvalue weighted by molar-refractivity contribution is 9.09. The van der Waals surface area contributed by atoms with E-state index in [2.05, 4.69) is 63.0 Å². The lowest BCUT2D eigenvalue weighted by atomic mass is 9.78. The van der Waals surface area contributed by atoms with E-state index in [4.69, 9.17) is 11.6 Å². The molecule has 21 heavy (non-hydrogen) atoms. The van der Waals surface area contributed by atoms with Crippen LogP contribution in [0.25, 0.3) is 0 Å². The molecule has 0 nitrogen and oxygen atoms in total. The average Bonchev–Trinajstić information content (AvgIpc) is 2.48. The minimum Gasteiger partial charge on any atom is -0.207 e. The summed E-state index contributed by atoms with van der Waals surface area (Å²) >= 11 is 13.5. The number of halogens is 4. The minimum absolute atomic E-state index is 0.163. The van der Waals surface area contributed by atoms with Crippen LogP contribution < -0.4 is 0 Å². The first-order chi connectivity index (χ1) is 10.0. The second-order valence-electron chi connectivity index (χ2n) is 5.33. The van der Waals surface area contributed by atoms with Gasteiger partial charge in [0.1, 0.15) is 5.82 Å². The van der Waals surface area contributed by atoms with E-state index < -0.39 is 0 Å². The Hall–Kier alpha value is -0.380. The van der Waals surface area contributed by atoms with Crippen molar-refractivity contribution < 1.29 is 4.39 Å². The third-order valence-electron chi connectivity index (χ3n) is 3.68. The van der Waals surface area contributed by atoms with Crippen LogP contribution >= 0.6 is 43.5 Å². The Kier molecular flexibility index (Phi) is 5.87. The average molecular weight is 435 g/mol. The minimum atomic E-state index is -0.253. The van der Waals surface area contributed by atoms with Crippen LogP contribution in [0.15, 0.2) is 42.5 Å². The van der Waals surface area contributed by atoms with Gasteiger partial charge in [-0.2, -0.15) is 0 Å². The molecule has 0 heterocycles. The molecule has 112 valence electrons. The normalized spacial score (nSPS) is 11.7. The van der Waals surface area contributed by atoms with Crippen molar-refractivity contribution >= 4 is 43.5 Å². The van der Waals surface area contributed by atoms with Crippen molar-refractivity contribution in [2.24, 2.45) is 0 Å². The Morgan fingerprint density at radius 3 is 2.43 bits per heavy atom. The van der Waals surface area contributed by atoms with E-state index in [0.717, 1.165) is 16.2 Å². The van der Waals surface area contributed by atoms with Gasteiger partial charge in [-0.25, -0.2) is 4.39 Å². The lowest BCUT2D eigenvalue weighted by Gasteiger charge is -2.31. The fourth-order valence-electron chi connectivity index (χ4n) is 2.40. The van der Waals surface area contributed by atoms with Crippen LogP contribution in [0.1, 0.15) is 16.7 Å². The third kappa shape index (κ3) is 3.88. The third-order valence-corrected chi connectivity index (χ3v) is 6.19. The van der Waals surface area contributed by atoms with Crippen LogP contribution in [0.4, 0.5) is 4.39 Å². The highest BCUT2D eigenvalue weighted by Gasteiger charge is 2.31. The first-order valence-electron chi connectivity index (χ1n) is 6.64. The van der Waals surface area contributed by atoms with E-state index in [-0.39, 0.29) is 11.2 Å². The fraction of sp³-hybridized carbons (Fsp3) is 0.294. The number of benzene rings is 2. The van der Waals surface area contributed by atoms with Crippen LogP contribution in [0.2, 0.25) is 5.02 Å². The molecule has 0 bridgehead atoms. The van der Waals surface area contributed by atoms with Gasteiger partial charge in [-0.15, -0.1) is 0 Å². The molecule has 0 saturated carbocycles. The molecule has 0 radical (unpaired) electrons. The maximum atomic E-state index is 13.5. The van der Waals surface area contributed by atoms with Crippen LogP contribution in [0, 0.1) is 12.7 Å². The van der Waals surface area contributed by atoms with E-state index in [1.807, 2.05) is 0 Å². The molecule has 0 aliphatic carbocycles. The Bertz CT molecular complexity index is 624. The number of alkyl halides is 2. The van der Waals surface area contributed by atoms with Crippen molar-refractivity contribution in [2.45, 2.75) is 18.8 Å². The molecule has 0 amide bonds. The smallest absolute Gasteiger partial charge is 0.123 e. The molecule has 0 aliphatic heterocycles. The molecule has 0 unspecified atom stereocenters. The summed E-state index contributed by atoms with van der Waals surface area (Å²) in [7, 11) is 0. The van der Waals surface area contributed by atoms with Crippen molar-refractivity contribution in [2.75, 3.05) is 10.7 Å². The Balaban J connectivity index is 2.45. The molecule has 0 spiro atoms. The highest BCUT2D eigenvalue weighted by atomic mass is 79.9. The van der Waals surface area contributed by atoms with Crippen LogP contribution in [0.5, 0.6) is 0 Å². The van der Waals surface area contributed by atoms with Gasteiger partial charge in [0.15, 0.2) is 0 Å². The summed E-state index contributed by atoms with van der Waals surface area (Å²) in [5.74, 6) is -0.253. The zero-order valence-electron chi connectivity index (χ0n) is 11.7. The maximum absolute atomic E-state index is 13.5. The standard InChI is InChI=1S/C17H16Br2ClF/c1-12-3-2-4-14(7-12)17(10-18,11-19)9-13-8-15(21)5-6-16(13)20/h2-8H,9-11H2,1H3. The lowest BCUT2D eigenvalue weighted by molar-refractivity contribution is 0.546. The Labute approximate surface area is 147 Å². The highest BCUT2D eigenvalue weighted by Crippen LogP contribution is 2.35. The van der Waals surface area contributed by atoms with Gasteiger partial charge in [-0.1, -0.05) is 73.3 Å². The lowest BCUT2D eigenvalue weighted by Crippen LogP contribution is -2.33. The molecular formula is C17H16Br2ClF. The summed E-state index contributed by atoms with van der Waals surface area (Å²) < 4.78 is 13.5. The first kappa shape index (κ1) is 17.0. The molecule has 4 heteroatoms. The molecule has 2 rings (SSSR count). The zero-order chi connectivity index (χ0) is 15.5. The van der Waals surface area contributed by atoms with E-state index >= 15 is 0 Å². The van der Waals surface area contributed by atoms with Crippen molar-refractivity contribution in [1.29, 1.82) is 0 Å². The van der Waals surface area contributed by atoms with Gasteiger partial charge in [-0.05, 0) is 42.7 Å². The molecule has 0 fully saturated rings. The van der Waals surface area contributed by atoms with E-state index in [1.54, 1.807) is 6.07 Å². The molecule has 2 aromatic carbocycles. The van der Waals surface area contributed by atoms with Gasteiger partial charge in [0.05, 0.1) is 0 Å². The van der Waals surface area contributed by atoms with E-state index in [0.29, 0.717) is 11.4 Å². The van der Waals surface area contributed by atoms with Crippen molar-refractivity contribution in [3.63, 3.8) is 0 Å². The Morgan fingerprint density at radius 2 is 1.81 bits per heavy atom. The summed E-state index contributed by atoms with van der Waals surface area (Å²) in [6.45, 7) is 2.08. The quantitative estimate of drug-likeness (QED) is 0.502. The number of hydrogen-bond donors (Lipinski definition) is 0. The molecule has 0 N–H and O–H groups in total. The fourth-order valence-corrected chi connectivity index (χ4v) is 4.56. The van der Waals surface area contributed by atoms with Gasteiger partial charge >= 0.3 is 0 Å². The van der Waals surface area contributed by atoms with Gasteiger partial charge in [0, 0.05) is 21.1 Å². The van der Waals surface area contributed by atoms with E-state index in [1.165, 1.54) is 23.3 Å². The van der Waals surface area contributed by atoms with Crippen molar-refractivity contribution in [3.8, 4) is 0 Å². The predicted octanol–water partition coefficient (Wildman–Crippen LogP) is 6.06. The second kappa shape index (κ2) is 7.26. The topological polar surface area (TPSA) is 0 Å². The summed E-state index contributed by atoms with van der Waals surface area (Å²) in [5, 5.41) is 2.14. The largest absolute Gasteiger partial charge is 0.207 e. The zero-order valence-corrected chi connectivity index (χ0v) is 15.6. The Morgan fingerprint density at radius 1 is 1.10 bits per heavy atom. The number of rotatable bonds is 5. The second-order valence-corrected chi connectivity index (χ2v) is 6.86. The predicted molar refractivity (Wildman–Crippen MR) is 95.6 cm³/mol. The van der Waals surface area contributed by atoms with Crippen LogP contribution in [-0.2, 0) is 11.8 Å². The molecular weight excluding hydrogens is 418 g/mol. The SMILES string of the molecule is Cc1cccc(C(CBr)(CBr)Cc2cc(F)ccc2Cl)c1. The first-order valence-corrected chi connectivity index (χ1v) is 9.26. The molecule has 0 aromatic heterocycles. The summed E-state index contributed by atoms with van der Waals surface area (Å²) in [5.41, 5.74) is 3.10. The van der Waals surface area contributed by atoms with Gasteiger partial charge in [0.25, 0.3) is 0 Å². The van der Waals surface area contributed by atoms with Crippen molar-refractivity contribution in [1.82, 2.24) is 0 Å². The monoisotopic (exact) mass is 432 g/mol. The van der Waals surface area contributed by atoms with Crippen LogP contribution in [-0.4, -0.2) is 10.7 Å². The molecule has 0 aliphatic rings.